The summed E-state index contributed by atoms with van der Waals surface area (Å²) in [4.78, 5) is 27.0. The second-order valence-electron chi connectivity index (χ2n) is 9.28. The van der Waals surface area contributed by atoms with Crippen molar-refractivity contribution in [2.75, 3.05) is 13.1 Å². The lowest BCUT2D eigenvalue weighted by molar-refractivity contribution is -0.137. The van der Waals surface area contributed by atoms with Gasteiger partial charge in [-0.1, -0.05) is 6.42 Å². The molecule has 7 heteroatoms. The summed E-state index contributed by atoms with van der Waals surface area (Å²) in [7, 11) is 0. The third-order valence-electron chi connectivity index (χ3n) is 7.42. The Morgan fingerprint density at radius 2 is 1.70 bits per heavy atom. The van der Waals surface area contributed by atoms with Crippen molar-refractivity contribution in [3.05, 3.63) is 35.4 Å². The molecule has 30 heavy (non-hydrogen) atoms. The highest BCUT2D eigenvalue weighted by Crippen LogP contribution is 2.49. The fourth-order valence-corrected chi connectivity index (χ4v) is 5.68. The molecule has 1 aliphatic heterocycles. The van der Waals surface area contributed by atoms with Crippen molar-refractivity contribution in [2.45, 2.75) is 57.7 Å². The Morgan fingerprint density at radius 1 is 1.03 bits per heavy atom. The Balaban J connectivity index is 1.27. The van der Waals surface area contributed by atoms with Crippen LogP contribution in [0.5, 0.6) is 0 Å². The van der Waals surface area contributed by atoms with Crippen LogP contribution >= 0.6 is 0 Å². The van der Waals surface area contributed by atoms with E-state index in [-0.39, 0.29) is 29.3 Å². The van der Waals surface area contributed by atoms with Crippen LogP contribution in [0.3, 0.4) is 0 Å². The van der Waals surface area contributed by atoms with E-state index in [2.05, 4.69) is 12.2 Å². The zero-order valence-electron chi connectivity index (χ0n) is 17.3. The number of alkyl halides is 3. The molecule has 2 bridgehead atoms. The molecule has 4 rings (SSSR count). The molecule has 2 saturated carbocycles. The van der Waals surface area contributed by atoms with Crippen LogP contribution < -0.4 is 5.32 Å². The van der Waals surface area contributed by atoms with Crippen LogP contribution in [-0.4, -0.2) is 35.8 Å². The van der Waals surface area contributed by atoms with Gasteiger partial charge in [0.15, 0.2) is 0 Å². The largest absolute Gasteiger partial charge is 0.416 e. The number of hydrogen-bond donors (Lipinski definition) is 1. The molecule has 3 fully saturated rings. The molecule has 0 radical (unpaired) electrons. The molecule has 1 saturated heterocycles. The standard InChI is InChI=1S/C23H29F3N2O2/c1-14(20-13-15-2-3-18(20)12-15)27-21(29)16-8-10-28(11-9-16)22(30)17-4-6-19(7-5-17)23(24,25)26/h4-7,14-16,18,20H,2-3,8-13H2,1H3,(H,27,29). The average Bonchev–Trinajstić information content (AvgIpc) is 3.36. The number of nitrogens with zero attached hydrogens (tertiary/aromatic N) is 1. The number of halogens is 3. The molecule has 4 nitrogen and oxygen atoms in total. The van der Waals surface area contributed by atoms with Crippen LogP contribution in [0, 0.1) is 23.7 Å². The summed E-state index contributed by atoms with van der Waals surface area (Å²) >= 11 is 0. The van der Waals surface area contributed by atoms with Gasteiger partial charge in [0.25, 0.3) is 5.91 Å². The number of hydrogen-bond acceptors (Lipinski definition) is 2. The molecular weight excluding hydrogens is 393 g/mol. The van der Waals surface area contributed by atoms with Gasteiger partial charge in [-0.2, -0.15) is 13.2 Å². The summed E-state index contributed by atoms with van der Waals surface area (Å²) in [5.74, 6) is 1.88. The molecule has 2 amide bonds. The Hall–Kier alpha value is -2.05. The fourth-order valence-electron chi connectivity index (χ4n) is 5.68. The Bertz CT molecular complexity index is 785. The van der Waals surface area contributed by atoms with E-state index in [0.717, 1.165) is 24.0 Å². The van der Waals surface area contributed by atoms with Crippen LogP contribution in [0.1, 0.15) is 61.4 Å². The van der Waals surface area contributed by atoms with Crippen molar-refractivity contribution >= 4 is 11.8 Å². The van der Waals surface area contributed by atoms with Gasteiger partial charge in [0.05, 0.1) is 5.56 Å². The van der Waals surface area contributed by atoms with Gasteiger partial charge in [0.2, 0.25) is 5.91 Å². The highest BCUT2D eigenvalue weighted by atomic mass is 19.4. The summed E-state index contributed by atoms with van der Waals surface area (Å²) in [6.07, 6.45) is 1.93. The summed E-state index contributed by atoms with van der Waals surface area (Å²) in [6, 6.07) is 4.51. The SMILES string of the molecule is CC(NC(=O)C1CCN(C(=O)c2ccc(C(F)(F)F)cc2)CC1)C1CC2CCC1C2. The van der Waals surface area contributed by atoms with E-state index >= 15 is 0 Å². The van der Waals surface area contributed by atoms with Gasteiger partial charge in [0, 0.05) is 30.6 Å². The second kappa shape index (κ2) is 8.23. The van der Waals surface area contributed by atoms with Crippen molar-refractivity contribution in [1.82, 2.24) is 10.2 Å². The van der Waals surface area contributed by atoms with Crippen molar-refractivity contribution in [1.29, 1.82) is 0 Å². The minimum Gasteiger partial charge on any atom is -0.353 e. The number of carbonyl (C=O) groups excluding carboxylic acids is 2. The van der Waals surface area contributed by atoms with Gasteiger partial charge in [-0.15, -0.1) is 0 Å². The Kier molecular flexibility index (Phi) is 5.82. The molecule has 1 aromatic rings. The lowest BCUT2D eigenvalue weighted by atomic mass is 9.83. The van der Waals surface area contributed by atoms with E-state index in [9.17, 15) is 22.8 Å². The lowest BCUT2D eigenvalue weighted by Crippen LogP contribution is -2.47. The van der Waals surface area contributed by atoms with Crippen LogP contribution in [0.2, 0.25) is 0 Å². The first-order valence-corrected chi connectivity index (χ1v) is 11.0. The quantitative estimate of drug-likeness (QED) is 0.777. The van der Waals surface area contributed by atoms with Gasteiger partial charge >= 0.3 is 6.18 Å². The van der Waals surface area contributed by atoms with E-state index in [0.29, 0.717) is 31.8 Å². The molecule has 1 heterocycles. The Morgan fingerprint density at radius 3 is 2.23 bits per heavy atom. The molecule has 4 unspecified atom stereocenters. The third kappa shape index (κ3) is 4.35. The van der Waals surface area contributed by atoms with Crippen LogP contribution in [0.25, 0.3) is 0 Å². The molecule has 1 aromatic carbocycles. The highest BCUT2D eigenvalue weighted by molar-refractivity contribution is 5.94. The number of nitrogens with one attached hydrogen (secondary N) is 1. The van der Waals surface area contributed by atoms with Crippen LogP contribution in [0.4, 0.5) is 13.2 Å². The zero-order valence-corrected chi connectivity index (χ0v) is 17.3. The first-order chi connectivity index (χ1) is 14.2. The number of rotatable bonds is 4. The van der Waals surface area contributed by atoms with E-state index in [1.165, 1.54) is 37.8 Å². The van der Waals surface area contributed by atoms with Crippen molar-refractivity contribution in [3.63, 3.8) is 0 Å². The first kappa shape index (κ1) is 21.2. The topological polar surface area (TPSA) is 49.4 Å². The smallest absolute Gasteiger partial charge is 0.353 e. The van der Waals surface area contributed by atoms with Gasteiger partial charge in [-0.25, -0.2) is 0 Å². The molecular formula is C23H29F3N2O2. The Labute approximate surface area is 175 Å². The van der Waals surface area contributed by atoms with Crippen molar-refractivity contribution < 1.29 is 22.8 Å². The fraction of sp³-hybridized carbons (Fsp3) is 0.652. The van der Waals surface area contributed by atoms with Gasteiger partial charge in [-0.05, 0) is 81.0 Å². The molecule has 2 aliphatic carbocycles. The summed E-state index contributed by atoms with van der Waals surface area (Å²) in [6.45, 7) is 3.01. The average molecular weight is 422 g/mol. The molecule has 164 valence electrons. The molecule has 0 aromatic heterocycles. The predicted molar refractivity (Wildman–Crippen MR) is 107 cm³/mol. The predicted octanol–water partition coefficient (Wildman–Crippen LogP) is 4.50. The third-order valence-corrected chi connectivity index (χ3v) is 7.42. The number of piperidine rings is 1. The number of carbonyl (C=O) groups is 2. The van der Waals surface area contributed by atoms with Gasteiger partial charge in [0.1, 0.15) is 0 Å². The van der Waals surface area contributed by atoms with E-state index in [1.807, 2.05) is 0 Å². The molecule has 3 aliphatic rings. The van der Waals surface area contributed by atoms with E-state index < -0.39 is 11.7 Å². The minimum absolute atomic E-state index is 0.0758. The molecule has 4 atom stereocenters. The van der Waals surface area contributed by atoms with E-state index in [4.69, 9.17) is 0 Å². The number of benzene rings is 1. The number of fused-ring (bicyclic) bond motifs is 2. The highest BCUT2D eigenvalue weighted by Gasteiger charge is 2.42. The number of amides is 2. The second-order valence-corrected chi connectivity index (χ2v) is 9.28. The first-order valence-electron chi connectivity index (χ1n) is 11.0. The lowest BCUT2D eigenvalue weighted by Gasteiger charge is -2.34. The van der Waals surface area contributed by atoms with Gasteiger partial charge < -0.3 is 10.2 Å². The maximum Gasteiger partial charge on any atom is 0.416 e. The monoisotopic (exact) mass is 422 g/mol. The molecule has 1 N–H and O–H groups in total. The number of likely N-dealkylation sites (tertiary alicyclic amines) is 1. The van der Waals surface area contributed by atoms with E-state index in [1.54, 1.807) is 4.90 Å². The maximum absolute atomic E-state index is 12.7. The minimum atomic E-state index is -4.41. The maximum atomic E-state index is 12.7. The van der Waals surface area contributed by atoms with Crippen molar-refractivity contribution in [2.24, 2.45) is 23.7 Å². The van der Waals surface area contributed by atoms with Crippen LogP contribution in [0.15, 0.2) is 24.3 Å². The summed E-state index contributed by atoms with van der Waals surface area (Å²) < 4.78 is 38.1. The van der Waals surface area contributed by atoms with Crippen LogP contribution in [-0.2, 0) is 11.0 Å². The summed E-state index contributed by atoms with van der Waals surface area (Å²) in [5.41, 5.74) is -0.519. The summed E-state index contributed by atoms with van der Waals surface area (Å²) in [5, 5.41) is 3.22. The normalized spacial score (nSPS) is 27.9. The molecule has 0 spiro atoms. The zero-order chi connectivity index (χ0) is 21.5. The van der Waals surface area contributed by atoms with Gasteiger partial charge in [-0.3, -0.25) is 9.59 Å². The van der Waals surface area contributed by atoms with Crippen molar-refractivity contribution in [3.8, 4) is 0 Å².